The van der Waals surface area contributed by atoms with Crippen molar-refractivity contribution in [2.45, 2.75) is 27.2 Å². The Balaban J connectivity index is 2.09. The van der Waals surface area contributed by atoms with E-state index in [0.717, 1.165) is 17.5 Å². The number of carbonyl (C=O) groups is 1. The number of fused-ring (bicyclic) bond motifs is 1. The third kappa shape index (κ3) is 3.30. The molecular formula is C21H21NO2. The normalized spacial score (nSPS) is 11.2. The summed E-state index contributed by atoms with van der Waals surface area (Å²) in [6.45, 7) is 6.34. The van der Waals surface area contributed by atoms with E-state index in [1.54, 1.807) is 6.07 Å². The summed E-state index contributed by atoms with van der Waals surface area (Å²) in [4.78, 5) is 16.3. The van der Waals surface area contributed by atoms with Gasteiger partial charge in [-0.2, -0.15) is 0 Å². The Morgan fingerprint density at radius 3 is 2.42 bits per heavy atom. The number of aryl methyl sites for hydroxylation is 1. The van der Waals surface area contributed by atoms with Gasteiger partial charge in [0.05, 0.1) is 16.8 Å². The Morgan fingerprint density at radius 2 is 1.79 bits per heavy atom. The van der Waals surface area contributed by atoms with Gasteiger partial charge in [-0.15, -0.1) is 0 Å². The van der Waals surface area contributed by atoms with Gasteiger partial charge in [0, 0.05) is 10.9 Å². The van der Waals surface area contributed by atoms with E-state index in [-0.39, 0.29) is 0 Å². The van der Waals surface area contributed by atoms with Crippen LogP contribution in [0.15, 0.2) is 48.5 Å². The van der Waals surface area contributed by atoms with E-state index < -0.39 is 5.97 Å². The molecule has 0 bridgehead atoms. The molecule has 0 unspecified atom stereocenters. The maximum absolute atomic E-state index is 11.7. The average Bonchev–Trinajstić information content (AvgIpc) is 2.54. The molecular weight excluding hydrogens is 298 g/mol. The molecule has 0 atom stereocenters. The van der Waals surface area contributed by atoms with Gasteiger partial charge < -0.3 is 5.11 Å². The number of carboxylic acids is 1. The van der Waals surface area contributed by atoms with Gasteiger partial charge in [-0.3, -0.25) is 0 Å². The van der Waals surface area contributed by atoms with Crippen LogP contribution >= 0.6 is 0 Å². The second-order valence-corrected chi connectivity index (χ2v) is 6.68. The zero-order chi connectivity index (χ0) is 17.3. The first-order valence-electron chi connectivity index (χ1n) is 8.18. The lowest BCUT2D eigenvalue weighted by molar-refractivity contribution is 0.0699. The van der Waals surface area contributed by atoms with E-state index >= 15 is 0 Å². The fraction of sp³-hybridized carbons (Fsp3) is 0.238. The van der Waals surface area contributed by atoms with E-state index in [0.29, 0.717) is 28.1 Å². The molecule has 3 nitrogen and oxygen atoms in total. The number of rotatable bonds is 4. The zero-order valence-electron chi connectivity index (χ0n) is 14.2. The summed E-state index contributed by atoms with van der Waals surface area (Å²) in [5.41, 5.74) is 4.94. The van der Waals surface area contributed by atoms with Crippen molar-refractivity contribution in [3.8, 4) is 11.3 Å². The van der Waals surface area contributed by atoms with Crippen LogP contribution in [0.3, 0.4) is 0 Å². The third-order valence-corrected chi connectivity index (χ3v) is 4.09. The van der Waals surface area contributed by atoms with Crippen molar-refractivity contribution in [3.63, 3.8) is 0 Å². The van der Waals surface area contributed by atoms with E-state index in [9.17, 15) is 9.90 Å². The highest BCUT2D eigenvalue weighted by Gasteiger charge is 2.13. The molecule has 0 aliphatic rings. The van der Waals surface area contributed by atoms with Gasteiger partial charge in [0.2, 0.25) is 0 Å². The zero-order valence-corrected chi connectivity index (χ0v) is 14.2. The largest absolute Gasteiger partial charge is 0.478 e. The van der Waals surface area contributed by atoms with Crippen molar-refractivity contribution in [1.82, 2.24) is 4.98 Å². The van der Waals surface area contributed by atoms with Crippen LogP contribution in [0, 0.1) is 12.8 Å². The monoisotopic (exact) mass is 319 g/mol. The molecule has 0 fully saturated rings. The molecule has 122 valence electrons. The quantitative estimate of drug-likeness (QED) is 0.727. The van der Waals surface area contributed by atoms with Gasteiger partial charge in [-0.05, 0) is 43.0 Å². The number of aromatic carboxylic acids is 1. The molecule has 1 N–H and O–H groups in total. The van der Waals surface area contributed by atoms with E-state index in [4.69, 9.17) is 0 Å². The SMILES string of the molecule is Cc1ccc2nc(-c3ccc(CC(C)C)cc3)cc(C(=O)O)c2c1. The van der Waals surface area contributed by atoms with Crippen molar-refractivity contribution in [3.05, 3.63) is 65.2 Å². The summed E-state index contributed by atoms with van der Waals surface area (Å²) in [6.07, 6.45) is 1.03. The second-order valence-electron chi connectivity index (χ2n) is 6.68. The van der Waals surface area contributed by atoms with Gasteiger partial charge in [-0.25, -0.2) is 9.78 Å². The third-order valence-electron chi connectivity index (χ3n) is 4.09. The van der Waals surface area contributed by atoms with Gasteiger partial charge in [0.25, 0.3) is 0 Å². The van der Waals surface area contributed by atoms with Crippen molar-refractivity contribution < 1.29 is 9.90 Å². The number of benzene rings is 2. The summed E-state index contributed by atoms with van der Waals surface area (Å²) in [5.74, 6) is -0.317. The van der Waals surface area contributed by atoms with Crippen LogP contribution in [0.25, 0.3) is 22.2 Å². The molecule has 0 aliphatic heterocycles. The molecule has 3 heteroatoms. The Kier molecular flexibility index (Phi) is 4.34. The summed E-state index contributed by atoms with van der Waals surface area (Å²) < 4.78 is 0. The van der Waals surface area contributed by atoms with Crippen LogP contribution < -0.4 is 0 Å². The highest BCUT2D eigenvalue weighted by atomic mass is 16.4. The first kappa shape index (κ1) is 16.2. The second kappa shape index (κ2) is 6.44. The molecule has 3 aromatic rings. The topological polar surface area (TPSA) is 50.2 Å². The number of hydrogen-bond donors (Lipinski definition) is 1. The van der Waals surface area contributed by atoms with Crippen molar-refractivity contribution >= 4 is 16.9 Å². The lowest BCUT2D eigenvalue weighted by Gasteiger charge is -2.09. The predicted molar refractivity (Wildman–Crippen MR) is 97.4 cm³/mol. The van der Waals surface area contributed by atoms with Crippen LogP contribution in [0.2, 0.25) is 0 Å². The predicted octanol–water partition coefficient (Wildman–Crippen LogP) is 5.11. The number of hydrogen-bond acceptors (Lipinski definition) is 2. The van der Waals surface area contributed by atoms with Gasteiger partial charge >= 0.3 is 5.97 Å². The molecule has 0 aliphatic carbocycles. The van der Waals surface area contributed by atoms with E-state index in [1.807, 2.05) is 37.3 Å². The van der Waals surface area contributed by atoms with Crippen LogP contribution in [-0.2, 0) is 6.42 Å². The molecule has 0 radical (unpaired) electrons. The number of carboxylic acid groups (broad SMARTS) is 1. The minimum atomic E-state index is -0.925. The average molecular weight is 319 g/mol. The minimum absolute atomic E-state index is 0.296. The number of aromatic nitrogens is 1. The van der Waals surface area contributed by atoms with Gasteiger partial charge in [0.15, 0.2) is 0 Å². The van der Waals surface area contributed by atoms with Crippen molar-refractivity contribution in [2.24, 2.45) is 5.92 Å². The summed E-state index contributed by atoms with van der Waals surface area (Å²) in [5, 5.41) is 10.2. The smallest absolute Gasteiger partial charge is 0.336 e. The molecule has 3 rings (SSSR count). The maximum atomic E-state index is 11.7. The fourth-order valence-corrected chi connectivity index (χ4v) is 2.95. The summed E-state index contributed by atoms with van der Waals surface area (Å²) in [6, 6.07) is 15.6. The van der Waals surface area contributed by atoms with Crippen LogP contribution in [-0.4, -0.2) is 16.1 Å². The number of pyridine rings is 1. The first-order chi connectivity index (χ1) is 11.4. The lowest BCUT2D eigenvalue weighted by atomic mass is 9.99. The van der Waals surface area contributed by atoms with E-state index in [2.05, 4.69) is 31.0 Å². The molecule has 1 heterocycles. The summed E-state index contributed by atoms with van der Waals surface area (Å²) >= 11 is 0. The van der Waals surface area contributed by atoms with Crippen LogP contribution in [0.5, 0.6) is 0 Å². The highest BCUT2D eigenvalue weighted by molar-refractivity contribution is 6.03. The lowest BCUT2D eigenvalue weighted by Crippen LogP contribution is -2.01. The first-order valence-corrected chi connectivity index (χ1v) is 8.18. The molecule has 24 heavy (non-hydrogen) atoms. The van der Waals surface area contributed by atoms with Crippen molar-refractivity contribution in [1.29, 1.82) is 0 Å². The number of nitrogens with zero attached hydrogens (tertiary/aromatic N) is 1. The highest BCUT2D eigenvalue weighted by Crippen LogP contribution is 2.26. The fourth-order valence-electron chi connectivity index (χ4n) is 2.95. The van der Waals surface area contributed by atoms with Crippen molar-refractivity contribution in [2.75, 3.05) is 0 Å². The molecule has 0 saturated heterocycles. The Bertz CT molecular complexity index is 896. The Morgan fingerprint density at radius 1 is 1.08 bits per heavy atom. The van der Waals surface area contributed by atoms with Crippen LogP contribution in [0.1, 0.15) is 35.3 Å². The van der Waals surface area contributed by atoms with Gasteiger partial charge in [-0.1, -0.05) is 49.7 Å². The molecule has 0 amide bonds. The molecule has 2 aromatic carbocycles. The molecule has 0 saturated carbocycles. The summed E-state index contributed by atoms with van der Waals surface area (Å²) in [7, 11) is 0. The minimum Gasteiger partial charge on any atom is -0.478 e. The Labute approximate surface area is 142 Å². The maximum Gasteiger partial charge on any atom is 0.336 e. The molecule has 1 aromatic heterocycles. The van der Waals surface area contributed by atoms with E-state index in [1.165, 1.54) is 5.56 Å². The standard InChI is InChI=1S/C21H21NO2/c1-13(2)10-15-5-7-16(8-6-15)20-12-18(21(23)24)17-11-14(3)4-9-19(17)22-20/h4-9,11-13H,10H2,1-3H3,(H,23,24). The molecule has 0 spiro atoms. The Hall–Kier alpha value is -2.68. The van der Waals surface area contributed by atoms with Gasteiger partial charge in [0.1, 0.15) is 0 Å². The van der Waals surface area contributed by atoms with Crippen LogP contribution in [0.4, 0.5) is 0 Å².